The third-order valence-electron chi connectivity index (χ3n) is 4.43. The number of halogens is 1. The molecule has 26 heavy (non-hydrogen) atoms. The van der Waals surface area contributed by atoms with Crippen molar-refractivity contribution in [3.63, 3.8) is 0 Å². The molecule has 0 radical (unpaired) electrons. The Kier molecular flexibility index (Phi) is 6.50. The highest BCUT2D eigenvalue weighted by atomic mass is 79.9. The number of amides is 1. The Balaban J connectivity index is 1.82. The summed E-state index contributed by atoms with van der Waals surface area (Å²) in [6, 6.07) is 11.3. The van der Waals surface area contributed by atoms with Crippen LogP contribution in [-0.2, 0) is 14.8 Å². The Labute approximate surface area is 166 Å². The zero-order valence-electron chi connectivity index (χ0n) is 14.2. The van der Waals surface area contributed by atoms with E-state index >= 15 is 0 Å². The monoisotopic (exact) mass is 456 g/mol. The maximum absolute atomic E-state index is 12.9. The smallest absolute Gasteiger partial charge is 0.251 e. The van der Waals surface area contributed by atoms with Crippen LogP contribution in [0.3, 0.4) is 0 Å². The molecule has 2 aromatic rings. The zero-order valence-corrected chi connectivity index (χ0v) is 17.4. The van der Waals surface area contributed by atoms with Crippen molar-refractivity contribution in [3.05, 3.63) is 51.8 Å². The molecule has 1 heterocycles. The van der Waals surface area contributed by atoms with Crippen molar-refractivity contribution in [3.8, 4) is 0 Å². The molecule has 0 aliphatic heterocycles. The Hall–Kier alpha value is -1.22. The van der Waals surface area contributed by atoms with Crippen molar-refractivity contribution in [1.82, 2.24) is 10.0 Å². The van der Waals surface area contributed by atoms with Crippen LogP contribution in [0.15, 0.2) is 50.5 Å². The molecule has 0 saturated heterocycles. The van der Waals surface area contributed by atoms with E-state index in [1.807, 2.05) is 6.07 Å². The summed E-state index contributed by atoms with van der Waals surface area (Å²) < 4.78 is 28.9. The van der Waals surface area contributed by atoms with Gasteiger partial charge in [-0.05, 0) is 46.5 Å². The van der Waals surface area contributed by atoms with E-state index < -0.39 is 16.1 Å². The zero-order chi connectivity index (χ0) is 18.6. The van der Waals surface area contributed by atoms with Crippen molar-refractivity contribution in [2.45, 2.75) is 48.4 Å². The lowest BCUT2D eigenvalue weighted by Gasteiger charge is -2.26. The van der Waals surface area contributed by atoms with Crippen LogP contribution in [0, 0.1) is 0 Å². The predicted molar refractivity (Wildman–Crippen MR) is 107 cm³/mol. The number of nitrogens with one attached hydrogen (secondary N) is 2. The normalized spacial score (nSPS) is 17.0. The van der Waals surface area contributed by atoms with Crippen LogP contribution in [0.5, 0.6) is 0 Å². The molecule has 1 amide bonds. The maximum atomic E-state index is 12.9. The van der Waals surface area contributed by atoms with E-state index in [0.29, 0.717) is 5.56 Å². The van der Waals surface area contributed by atoms with E-state index in [1.54, 1.807) is 30.3 Å². The van der Waals surface area contributed by atoms with Gasteiger partial charge in [-0.15, -0.1) is 11.3 Å². The minimum absolute atomic E-state index is 0.114. The number of sulfonamides is 1. The SMILES string of the molecule is O=C(NC1CCCCC1)C(NS(=O)(=O)c1ccc(Br)s1)c1ccccc1. The van der Waals surface area contributed by atoms with Crippen LogP contribution in [0.2, 0.25) is 0 Å². The van der Waals surface area contributed by atoms with E-state index in [0.717, 1.165) is 40.8 Å². The van der Waals surface area contributed by atoms with Crippen LogP contribution >= 0.6 is 27.3 Å². The van der Waals surface area contributed by atoms with Gasteiger partial charge < -0.3 is 5.32 Å². The summed E-state index contributed by atoms with van der Waals surface area (Å²) in [5, 5.41) is 3.02. The first-order valence-corrected chi connectivity index (χ1v) is 11.7. The average Bonchev–Trinajstić information content (AvgIpc) is 3.09. The molecule has 1 aliphatic carbocycles. The second-order valence-corrected chi connectivity index (χ2v) is 10.8. The Bertz CT molecular complexity index is 846. The van der Waals surface area contributed by atoms with Crippen molar-refractivity contribution in [2.24, 2.45) is 0 Å². The Morgan fingerprint density at radius 1 is 1.08 bits per heavy atom. The molecule has 140 valence electrons. The van der Waals surface area contributed by atoms with Crippen LogP contribution in [0.25, 0.3) is 0 Å². The first-order valence-electron chi connectivity index (χ1n) is 8.59. The fourth-order valence-corrected chi connectivity index (χ4v) is 6.32. The molecule has 1 saturated carbocycles. The highest BCUT2D eigenvalue weighted by Gasteiger charge is 2.29. The van der Waals surface area contributed by atoms with Gasteiger partial charge in [0.15, 0.2) is 0 Å². The third-order valence-corrected chi connectivity index (χ3v) is 7.97. The number of hydrogen-bond acceptors (Lipinski definition) is 4. The lowest BCUT2D eigenvalue weighted by molar-refractivity contribution is -0.123. The molecule has 1 aromatic carbocycles. The van der Waals surface area contributed by atoms with Gasteiger partial charge in [0.25, 0.3) is 10.0 Å². The molecule has 1 atom stereocenters. The van der Waals surface area contributed by atoms with E-state index in [-0.39, 0.29) is 16.2 Å². The number of benzene rings is 1. The van der Waals surface area contributed by atoms with E-state index in [9.17, 15) is 13.2 Å². The molecule has 8 heteroatoms. The second kappa shape index (κ2) is 8.65. The van der Waals surface area contributed by atoms with Crippen molar-refractivity contribution < 1.29 is 13.2 Å². The summed E-state index contributed by atoms with van der Waals surface area (Å²) in [6.07, 6.45) is 5.26. The molecule has 1 aromatic heterocycles. The van der Waals surface area contributed by atoms with Gasteiger partial charge in [0.1, 0.15) is 10.3 Å². The quantitative estimate of drug-likeness (QED) is 0.689. The van der Waals surface area contributed by atoms with Crippen molar-refractivity contribution in [1.29, 1.82) is 0 Å². The molecule has 1 unspecified atom stereocenters. The first kappa shape index (κ1) is 19.5. The fraction of sp³-hybridized carbons (Fsp3) is 0.389. The number of thiophene rings is 1. The van der Waals surface area contributed by atoms with Gasteiger partial charge in [-0.25, -0.2) is 8.42 Å². The molecule has 1 fully saturated rings. The average molecular weight is 457 g/mol. The highest BCUT2D eigenvalue weighted by Crippen LogP contribution is 2.27. The van der Waals surface area contributed by atoms with E-state index in [2.05, 4.69) is 26.0 Å². The molecule has 1 aliphatic rings. The van der Waals surface area contributed by atoms with Crippen LogP contribution in [0.4, 0.5) is 0 Å². The lowest BCUT2D eigenvalue weighted by Crippen LogP contribution is -2.44. The first-order chi connectivity index (χ1) is 12.5. The van der Waals surface area contributed by atoms with Crippen LogP contribution in [0.1, 0.15) is 43.7 Å². The maximum Gasteiger partial charge on any atom is 0.251 e. The third kappa shape index (κ3) is 4.94. The summed E-state index contributed by atoms with van der Waals surface area (Å²) in [7, 11) is -3.79. The van der Waals surface area contributed by atoms with Gasteiger partial charge in [-0.1, -0.05) is 49.6 Å². The van der Waals surface area contributed by atoms with Gasteiger partial charge in [0.05, 0.1) is 3.79 Å². The molecule has 5 nitrogen and oxygen atoms in total. The topological polar surface area (TPSA) is 75.3 Å². The molecule has 2 N–H and O–H groups in total. The molecular formula is C18H21BrN2O3S2. The molecule has 3 rings (SSSR count). The summed E-state index contributed by atoms with van der Waals surface area (Å²) in [4.78, 5) is 12.9. The number of carbonyl (C=O) groups is 1. The molecule has 0 spiro atoms. The standard InChI is InChI=1S/C18H21BrN2O3S2/c19-15-11-12-16(25-15)26(23,24)21-17(13-7-3-1-4-8-13)18(22)20-14-9-5-2-6-10-14/h1,3-4,7-8,11-12,14,17,21H,2,5-6,9-10H2,(H,20,22). The van der Waals surface area contributed by atoms with Gasteiger partial charge in [-0.2, -0.15) is 4.72 Å². The van der Waals surface area contributed by atoms with Gasteiger partial charge in [0, 0.05) is 6.04 Å². The van der Waals surface area contributed by atoms with Gasteiger partial charge >= 0.3 is 0 Å². The van der Waals surface area contributed by atoms with Gasteiger partial charge in [-0.3, -0.25) is 4.79 Å². The fourth-order valence-electron chi connectivity index (χ4n) is 3.11. The number of carbonyl (C=O) groups excluding carboxylic acids is 1. The summed E-state index contributed by atoms with van der Waals surface area (Å²) >= 11 is 4.39. The highest BCUT2D eigenvalue weighted by molar-refractivity contribution is 9.11. The summed E-state index contributed by atoms with van der Waals surface area (Å²) in [5.41, 5.74) is 0.625. The summed E-state index contributed by atoms with van der Waals surface area (Å²) in [5.74, 6) is -0.303. The predicted octanol–water partition coefficient (Wildman–Crippen LogP) is 3.98. The summed E-state index contributed by atoms with van der Waals surface area (Å²) in [6.45, 7) is 0. The molecular weight excluding hydrogens is 436 g/mol. The number of hydrogen-bond donors (Lipinski definition) is 2. The van der Waals surface area contributed by atoms with Crippen LogP contribution in [-0.4, -0.2) is 20.4 Å². The number of rotatable bonds is 6. The van der Waals surface area contributed by atoms with Gasteiger partial charge in [0.2, 0.25) is 5.91 Å². The largest absolute Gasteiger partial charge is 0.352 e. The van der Waals surface area contributed by atoms with Crippen molar-refractivity contribution >= 4 is 43.2 Å². The lowest BCUT2D eigenvalue weighted by atomic mass is 9.95. The van der Waals surface area contributed by atoms with Crippen molar-refractivity contribution in [2.75, 3.05) is 0 Å². The van der Waals surface area contributed by atoms with Crippen LogP contribution < -0.4 is 10.0 Å². The minimum atomic E-state index is -3.79. The van der Waals surface area contributed by atoms with E-state index in [1.165, 1.54) is 12.5 Å². The Morgan fingerprint density at radius 3 is 2.38 bits per heavy atom. The Morgan fingerprint density at radius 2 is 1.77 bits per heavy atom. The van der Waals surface area contributed by atoms with E-state index in [4.69, 9.17) is 0 Å². The second-order valence-electron chi connectivity index (χ2n) is 6.37. The molecule has 0 bridgehead atoms. The minimum Gasteiger partial charge on any atom is -0.352 e.